The lowest BCUT2D eigenvalue weighted by atomic mass is 9.69. The minimum atomic E-state index is 0.366. The molecule has 0 atom stereocenters. The number of allylic oxidation sites excluding steroid dienone is 2. The number of hydrogen-bond donors (Lipinski definition) is 0. The summed E-state index contributed by atoms with van der Waals surface area (Å²) in [5.74, 6) is 3.13. The Balaban J connectivity index is 1.73. The number of nitrogens with zero attached hydrogens (tertiary/aromatic N) is 1. The Morgan fingerprint density at radius 1 is 0.944 bits per heavy atom. The third-order valence-corrected chi connectivity index (χ3v) is 5.08. The maximum atomic E-state index is 8.95. The van der Waals surface area contributed by atoms with Gasteiger partial charge in [0.15, 0.2) is 0 Å². The van der Waals surface area contributed by atoms with Crippen LogP contribution in [0.4, 0.5) is 0 Å². The molecule has 0 aromatic rings. The molecular formula is C17H27N. The van der Waals surface area contributed by atoms with Crippen LogP contribution in [0.1, 0.15) is 64.7 Å². The van der Waals surface area contributed by atoms with E-state index in [1.807, 2.05) is 0 Å². The summed E-state index contributed by atoms with van der Waals surface area (Å²) >= 11 is 0. The molecular weight excluding hydrogens is 218 g/mol. The summed E-state index contributed by atoms with van der Waals surface area (Å²) in [5, 5.41) is 8.95. The van der Waals surface area contributed by atoms with Crippen molar-refractivity contribution in [3.8, 4) is 6.07 Å². The van der Waals surface area contributed by atoms with Crippen LogP contribution in [0.15, 0.2) is 12.2 Å². The second-order valence-corrected chi connectivity index (χ2v) is 6.25. The average Bonchev–Trinajstić information content (AvgIpc) is 2.46. The van der Waals surface area contributed by atoms with Crippen LogP contribution < -0.4 is 0 Å². The number of rotatable bonds is 3. The predicted octanol–water partition coefficient (Wildman–Crippen LogP) is 5.09. The van der Waals surface area contributed by atoms with E-state index in [-0.39, 0.29) is 0 Å². The fourth-order valence-electron chi connectivity index (χ4n) is 3.86. The lowest BCUT2D eigenvalue weighted by molar-refractivity contribution is 0.168. The van der Waals surface area contributed by atoms with Gasteiger partial charge >= 0.3 is 0 Å². The van der Waals surface area contributed by atoms with E-state index in [1.54, 1.807) is 0 Å². The molecule has 1 heteroatoms. The zero-order chi connectivity index (χ0) is 12.8. The minimum Gasteiger partial charge on any atom is -0.198 e. The first-order valence-electron chi connectivity index (χ1n) is 7.89. The van der Waals surface area contributed by atoms with E-state index in [0.717, 1.165) is 30.6 Å². The summed E-state index contributed by atoms with van der Waals surface area (Å²) in [7, 11) is 0. The first-order valence-corrected chi connectivity index (χ1v) is 7.89. The van der Waals surface area contributed by atoms with E-state index >= 15 is 0 Å². The summed E-state index contributed by atoms with van der Waals surface area (Å²) in [6.45, 7) is 2.22. The Morgan fingerprint density at radius 3 is 2.00 bits per heavy atom. The standard InChI is InChI=1S/C17H27N/c1-2-3-4-14-5-9-16(10-6-14)17-11-7-15(13-18)8-12-17/h3-4,14-17H,2,5-12H2,1H3/b4-3+/t14-,15?,16-,17?. The van der Waals surface area contributed by atoms with Gasteiger partial charge in [0.2, 0.25) is 0 Å². The highest BCUT2D eigenvalue weighted by molar-refractivity contribution is 4.93. The summed E-state index contributed by atoms with van der Waals surface area (Å²) in [5.41, 5.74) is 0. The fraction of sp³-hybridized carbons (Fsp3) is 0.824. The fourth-order valence-corrected chi connectivity index (χ4v) is 3.86. The van der Waals surface area contributed by atoms with Crippen LogP contribution in [-0.2, 0) is 0 Å². The van der Waals surface area contributed by atoms with Gasteiger partial charge in [0.05, 0.1) is 6.07 Å². The molecule has 0 heterocycles. The van der Waals surface area contributed by atoms with Crippen LogP contribution in [0.3, 0.4) is 0 Å². The van der Waals surface area contributed by atoms with Gasteiger partial charge in [-0.25, -0.2) is 0 Å². The molecule has 1 nitrogen and oxygen atoms in total. The molecule has 0 amide bonds. The van der Waals surface area contributed by atoms with Crippen molar-refractivity contribution < 1.29 is 0 Å². The Bertz CT molecular complexity index is 296. The third-order valence-electron chi connectivity index (χ3n) is 5.08. The molecule has 0 aromatic carbocycles. The molecule has 0 radical (unpaired) electrons. The van der Waals surface area contributed by atoms with Crippen molar-refractivity contribution in [2.75, 3.05) is 0 Å². The zero-order valence-electron chi connectivity index (χ0n) is 11.8. The van der Waals surface area contributed by atoms with Crippen LogP contribution in [0.5, 0.6) is 0 Å². The topological polar surface area (TPSA) is 23.8 Å². The smallest absolute Gasteiger partial charge is 0.0655 e. The van der Waals surface area contributed by atoms with Crippen LogP contribution in [0, 0.1) is 35.0 Å². The molecule has 2 saturated carbocycles. The van der Waals surface area contributed by atoms with Gasteiger partial charge < -0.3 is 0 Å². The minimum absolute atomic E-state index is 0.366. The Morgan fingerprint density at radius 2 is 1.50 bits per heavy atom. The molecule has 0 bridgehead atoms. The summed E-state index contributed by atoms with van der Waals surface area (Å²) < 4.78 is 0. The van der Waals surface area contributed by atoms with Gasteiger partial charge in [-0.15, -0.1) is 0 Å². The predicted molar refractivity (Wildman–Crippen MR) is 75.9 cm³/mol. The first kappa shape index (κ1) is 13.7. The van der Waals surface area contributed by atoms with Gasteiger partial charge in [-0.2, -0.15) is 5.26 Å². The second kappa shape index (κ2) is 6.98. The van der Waals surface area contributed by atoms with E-state index in [0.29, 0.717) is 5.92 Å². The summed E-state index contributed by atoms with van der Waals surface area (Å²) in [6, 6.07) is 2.45. The average molecular weight is 245 g/mol. The van der Waals surface area contributed by atoms with Gasteiger partial charge in [-0.3, -0.25) is 0 Å². The van der Waals surface area contributed by atoms with Crippen LogP contribution in [-0.4, -0.2) is 0 Å². The SMILES string of the molecule is CC/C=C/[C@H]1CC[C@H](C2CCC(C#N)CC2)CC1. The van der Waals surface area contributed by atoms with Crippen LogP contribution in [0.25, 0.3) is 0 Å². The van der Waals surface area contributed by atoms with Gasteiger partial charge in [0, 0.05) is 5.92 Å². The van der Waals surface area contributed by atoms with Crippen molar-refractivity contribution in [3.05, 3.63) is 12.2 Å². The van der Waals surface area contributed by atoms with E-state index in [4.69, 9.17) is 5.26 Å². The lowest BCUT2D eigenvalue weighted by Gasteiger charge is -2.36. The maximum absolute atomic E-state index is 8.95. The van der Waals surface area contributed by atoms with Gasteiger partial charge in [0.25, 0.3) is 0 Å². The van der Waals surface area contributed by atoms with E-state index < -0.39 is 0 Å². The normalized spacial score (nSPS) is 37.6. The quantitative estimate of drug-likeness (QED) is 0.635. The first-order chi connectivity index (χ1) is 8.83. The molecule has 2 rings (SSSR count). The molecule has 2 aliphatic rings. The molecule has 2 aliphatic carbocycles. The highest BCUT2D eigenvalue weighted by atomic mass is 14.4. The molecule has 18 heavy (non-hydrogen) atoms. The molecule has 0 saturated heterocycles. The summed E-state index contributed by atoms with van der Waals surface area (Å²) in [6.07, 6.45) is 16.6. The molecule has 0 aliphatic heterocycles. The van der Waals surface area contributed by atoms with E-state index in [9.17, 15) is 0 Å². The Hall–Kier alpha value is -0.770. The van der Waals surface area contributed by atoms with Gasteiger partial charge in [-0.05, 0) is 75.5 Å². The maximum Gasteiger partial charge on any atom is 0.0655 e. The van der Waals surface area contributed by atoms with Crippen molar-refractivity contribution in [1.82, 2.24) is 0 Å². The highest BCUT2D eigenvalue weighted by Crippen LogP contribution is 2.41. The van der Waals surface area contributed by atoms with Crippen molar-refractivity contribution in [3.63, 3.8) is 0 Å². The molecule has 100 valence electrons. The Kier molecular flexibility index (Phi) is 5.29. The largest absolute Gasteiger partial charge is 0.198 e. The molecule has 0 N–H and O–H groups in total. The van der Waals surface area contributed by atoms with Gasteiger partial charge in [-0.1, -0.05) is 19.1 Å². The molecule has 0 aromatic heterocycles. The van der Waals surface area contributed by atoms with Crippen molar-refractivity contribution >= 4 is 0 Å². The van der Waals surface area contributed by atoms with Gasteiger partial charge in [0.1, 0.15) is 0 Å². The lowest BCUT2D eigenvalue weighted by Crippen LogP contribution is -2.25. The Labute approximate surface area is 112 Å². The molecule has 0 spiro atoms. The van der Waals surface area contributed by atoms with E-state index in [2.05, 4.69) is 25.1 Å². The zero-order valence-corrected chi connectivity index (χ0v) is 11.8. The number of nitriles is 1. The van der Waals surface area contributed by atoms with Crippen molar-refractivity contribution in [2.24, 2.45) is 23.7 Å². The number of hydrogen-bond acceptors (Lipinski definition) is 1. The molecule has 0 unspecified atom stereocenters. The molecule has 2 fully saturated rings. The monoisotopic (exact) mass is 245 g/mol. The second-order valence-electron chi connectivity index (χ2n) is 6.25. The third kappa shape index (κ3) is 3.61. The van der Waals surface area contributed by atoms with E-state index in [1.165, 1.54) is 44.9 Å². The van der Waals surface area contributed by atoms with Crippen molar-refractivity contribution in [1.29, 1.82) is 5.26 Å². The van der Waals surface area contributed by atoms with Crippen molar-refractivity contribution in [2.45, 2.75) is 64.7 Å². The van der Waals surface area contributed by atoms with Crippen LogP contribution in [0.2, 0.25) is 0 Å². The summed E-state index contributed by atoms with van der Waals surface area (Å²) in [4.78, 5) is 0. The highest BCUT2D eigenvalue weighted by Gasteiger charge is 2.30. The van der Waals surface area contributed by atoms with Crippen LogP contribution >= 0.6 is 0 Å².